The summed E-state index contributed by atoms with van der Waals surface area (Å²) in [5.41, 5.74) is 9.37. The molecule has 3 aromatic heterocycles. The maximum Gasteiger partial charge on any atom is 0.132 e. The van der Waals surface area contributed by atoms with Gasteiger partial charge in [0.15, 0.2) is 0 Å². The quantitative estimate of drug-likeness (QED) is 0.728. The second-order valence-electron chi connectivity index (χ2n) is 3.86. The number of nitrogens with zero attached hydrogens (tertiary/aromatic N) is 2. The maximum atomic E-state index is 5.97. The topological polar surface area (TPSA) is 67.6 Å². The molecule has 0 aromatic carbocycles. The van der Waals surface area contributed by atoms with Gasteiger partial charge >= 0.3 is 0 Å². The lowest BCUT2D eigenvalue weighted by Gasteiger charge is -2.03. The first-order chi connectivity index (χ1) is 8.31. The van der Waals surface area contributed by atoms with Crippen molar-refractivity contribution in [2.24, 2.45) is 0 Å². The lowest BCUT2D eigenvalue weighted by Crippen LogP contribution is -1.93. The Labute approximate surface area is 102 Å². The largest absolute Gasteiger partial charge is 0.383 e. The number of aromatic amines is 1. The van der Waals surface area contributed by atoms with Crippen molar-refractivity contribution in [3.8, 4) is 11.1 Å². The zero-order valence-electron chi connectivity index (χ0n) is 9.40. The van der Waals surface area contributed by atoms with E-state index in [1.807, 2.05) is 12.4 Å². The molecule has 0 saturated carbocycles. The number of rotatable bonds is 2. The number of thiophene rings is 1. The molecule has 3 N–H and O–H groups in total. The van der Waals surface area contributed by atoms with Gasteiger partial charge in [-0.25, -0.2) is 4.98 Å². The summed E-state index contributed by atoms with van der Waals surface area (Å²) in [6.07, 6.45) is 6.47. The third-order valence-electron chi connectivity index (χ3n) is 2.89. The highest BCUT2D eigenvalue weighted by Gasteiger charge is 2.13. The summed E-state index contributed by atoms with van der Waals surface area (Å²) in [4.78, 5) is 4.29. The number of H-pyrrole nitrogens is 1. The smallest absolute Gasteiger partial charge is 0.132 e. The molecule has 0 aliphatic rings. The van der Waals surface area contributed by atoms with E-state index in [1.54, 1.807) is 17.5 Å². The van der Waals surface area contributed by atoms with Gasteiger partial charge in [-0.05, 0) is 17.4 Å². The van der Waals surface area contributed by atoms with E-state index in [2.05, 4.69) is 27.5 Å². The van der Waals surface area contributed by atoms with Crippen molar-refractivity contribution in [3.63, 3.8) is 0 Å². The van der Waals surface area contributed by atoms with Gasteiger partial charge in [0.2, 0.25) is 0 Å². The van der Waals surface area contributed by atoms with Crippen molar-refractivity contribution >= 4 is 27.2 Å². The van der Waals surface area contributed by atoms with Crippen LogP contribution in [0.2, 0.25) is 0 Å². The number of aromatic nitrogens is 3. The van der Waals surface area contributed by atoms with Crippen molar-refractivity contribution in [2.45, 2.75) is 13.3 Å². The summed E-state index contributed by atoms with van der Waals surface area (Å²) in [7, 11) is 0. The van der Waals surface area contributed by atoms with Gasteiger partial charge in [-0.1, -0.05) is 6.92 Å². The number of hydrogen-bond acceptors (Lipinski definition) is 4. The standard InChI is InChI=1S/C12H12N4S/c1-2-7-6-17-11-9(8-3-15-16-4-8)5-14-12(13)10(7)11/h3-6H,2H2,1H3,(H2,13,14)(H,15,16). The Morgan fingerprint density at radius 2 is 2.29 bits per heavy atom. The number of hydrogen-bond donors (Lipinski definition) is 2. The minimum atomic E-state index is 0.616. The molecule has 17 heavy (non-hydrogen) atoms. The zero-order chi connectivity index (χ0) is 11.8. The number of nitrogen functional groups attached to an aromatic ring is 1. The first-order valence-corrected chi connectivity index (χ1v) is 6.33. The molecular weight excluding hydrogens is 232 g/mol. The fourth-order valence-electron chi connectivity index (χ4n) is 1.99. The van der Waals surface area contributed by atoms with Crippen LogP contribution >= 0.6 is 11.3 Å². The van der Waals surface area contributed by atoms with Crippen LogP contribution < -0.4 is 5.73 Å². The van der Waals surface area contributed by atoms with Gasteiger partial charge in [0.1, 0.15) is 5.82 Å². The molecule has 3 heterocycles. The van der Waals surface area contributed by atoms with E-state index < -0.39 is 0 Å². The van der Waals surface area contributed by atoms with E-state index in [-0.39, 0.29) is 0 Å². The predicted molar refractivity (Wildman–Crippen MR) is 71.0 cm³/mol. The Balaban J connectivity index is 2.35. The Bertz CT molecular complexity index is 655. The molecule has 86 valence electrons. The van der Waals surface area contributed by atoms with E-state index in [9.17, 15) is 0 Å². The Hall–Kier alpha value is -1.88. The molecule has 4 nitrogen and oxygen atoms in total. The van der Waals surface area contributed by atoms with Crippen molar-refractivity contribution in [2.75, 3.05) is 5.73 Å². The average Bonchev–Trinajstić information content (AvgIpc) is 2.98. The van der Waals surface area contributed by atoms with Crippen LogP contribution in [0, 0.1) is 0 Å². The first kappa shape index (κ1) is 10.3. The normalized spacial score (nSPS) is 11.1. The monoisotopic (exact) mass is 244 g/mol. The highest BCUT2D eigenvalue weighted by Crippen LogP contribution is 2.36. The molecule has 0 fully saturated rings. The van der Waals surface area contributed by atoms with Crippen LogP contribution in [0.5, 0.6) is 0 Å². The van der Waals surface area contributed by atoms with Crippen molar-refractivity contribution < 1.29 is 0 Å². The van der Waals surface area contributed by atoms with Crippen LogP contribution in [0.15, 0.2) is 24.0 Å². The van der Waals surface area contributed by atoms with Crippen molar-refractivity contribution in [3.05, 3.63) is 29.5 Å². The van der Waals surface area contributed by atoms with Crippen LogP contribution in [0.25, 0.3) is 21.2 Å². The number of fused-ring (bicyclic) bond motifs is 1. The predicted octanol–water partition coefficient (Wildman–Crippen LogP) is 2.83. The molecule has 5 heteroatoms. The molecule has 0 amide bonds. The van der Waals surface area contributed by atoms with Crippen molar-refractivity contribution in [1.29, 1.82) is 0 Å². The number of pyridine rings is 1. The number of nitrogens with one attached hydrogen (secondary N) is 1. The second-order valence-corrected chi connectivity index (χ2v) is 4.74. The van der Waals surface area contributed by atoms with Gasteiger partial charge in [-0.3, -0.25) is 5.10 Å². The van der Waals surface area contributed by atoms with Crippen LogP contribution in [0.3, 0.4) is 0 Å². The highest BCUT2D eigenvalue weighted by atomic mass is 32.1. The number of aryl methyl sites for hydroxylation is 1. The molecular formula is C12H12N4S. The number of nitrogens with two attached hydrogens (primary N) is 1. The van der Waals surface area contributed by atoms with Gasteiger partial charge < -0.3 is 5.73 Å². The van der Waals surface area contributed by atoms with Crippen molar-refractivity contribution in [1.82, 2.24) is 15.2 Å². The molecule has 0 saturated heterocycles. The lowest BCUT2D eigenvalue weighted by atomic mass is 10.1. The molecule has 0 aliphatic carbocycles. The summed E-state index contributed by atoms with van der Waals surface area (Å²) in [5.74, 6) is 0.616. The van der Waals surface area contributed by atoms with Gasteiger partial charge in [-0.15, -0.1) is 11.3 Å². The molecule has 0 bridgehead atoms. The van der Waals surface area contributed by atoms with E-state index in [0.717, 1.165) is 22.9 Å². The maximum absolute atomic E-state index is 5.97. The Morgan fingerprint density at radius 3 is 3.00 bits per heavy atom. The molecule has 0 aliphatic heterocycles. The third-order valence-corrected chi connectivity index (χ3v) is 3.95. The molecule has 0 atom stereocenters. The van der Waals surface area contributed by atoms with Crippen LogP contribution in [-0.4, -0.2) is 15.2 Å². The average molecular weight is 244 g/mol. The second kappa shape index (κ2) is 3.85. The molecule has 3 aromatic rings. The van der Waals surface area contributed by atoms with Gasteiger partial charge in [0.25, 0.3) is 0 Å². The van der Waals surface area contributed by atoms with Gasteiger partial charge in [-0.2, -0.15) is 5.10 Å². The summed E-state index contributed by atoms with van der Waals surface area (Å²) >= 11 is 1.72. The molecule has 3 rings (SSSR count). The minimum absolute atomic E-state index is 0.616. The van der Waals surface area contributed by atoms with E-state index in [0.29, 0.717) is 5.82 Å². The van der Waals surface area contributed by atoms with E-state index >= 15 is 0 Å². The molecule has 0 spiro atoms. The van der Waals surface area contributed by atoms with Gasteiger partial charge in [0.05, 0.1) is 6.20 Å². The Morgan fingerprint density at radius 1 is 1.41 bits per heavy atom. The van der Waals surface area contributed by atoms with Crippen LogP contribution in [0.4, 0.5) is 5.82 Å². The first-order valence-electron chi connectivity index (χ1n) is 5.45. The fourth-order valence-corrected chi connectivity index (χ4v) is 3.19. The summed E-state index contributed by atoms with van der Waals surface area (Å²) < 4.78 is 1.19. The lowest BCUT2D eigenvalue weighted by molar-refractivity contribution is 1.09. The highest BCUT2D eigenvalue weighted by molar-refractivity contribution is 7.18. The Kier molecular flexibility index (Phi) is 2.33. The third kappa shape index (κ3) is 1.51. The SMILES string of the molecule is CCc1csc2c(-c3cn[nH]c3)cnc(N)c12. The van der Waals surface area contributed by atoms with Gasteiger partial charge in [0, 0.05) is 33.6 Å². The van der Waals surface area contributed by atoms with E-state index in [1.165, 1.54) is 10.3 Å². The zero-order valence-corrected chi connectivity index (χ0v) is 10.2. The summed E-state index contributed by atoms with van der Waals surface area (Å²) in [5, 5.41) is 10.1. The van der Waals surface area contributed by atoms with Crippen LogP contribution in [0.1, 0.15) is 12.5 Å². The summed E-state index contributed by atoms with van der Waals surface area (Å²) in [6, 6.07) is 0. The minimum Gasteiger partial charge on any atom is -0.383 e. The fraction of sp³-hybridized carbons (Fsp3) is 0.167. The van der Waals surface area contributed by atoms with Crippen LogP contribution in [-0.2, 0) is 6.42 Å². The molecule has 0 radical (unpaired) electrons. The number of anilines is 1. The van der Waals surface area contributed by atoms with E-state index in [4.69, 9.17) is 5.73 Å². The summed E-state index contributed by atoms with van der Waals surface area (Å²) in [6.45, 7) is 2.13. The molecule has 0 unspecified atom stereocenters.